The number of aryl methyl sites for hydroxylation is 2. The van der Waals surface area contributed by atoms with E-state index >= 15 is 0 Å². The Morgan fingerprint density at radius 3 is 3.10 bits per heavy atom. The molecule has 0 N–H and O–H groups in total. The van der Waals surface area contributed by atoms with Gasteiger partial charge in [0.05, 0.1) is 0 Å². The number of amides is 1. The van der Waals surface area contributed by atoms with Gasteiger partial charge in [-0.25, -0.2) is 0 Å². The average Bonchev–Trinajstić information content (AvgIpc) is 2.95. The molecule has 0 unspecified atom stereocenters. The third-order valence-corrected chi connectivity index (χ3v) is 3.63. The van der Waals surface area contributed by atoms with E-state index in [0.29, 0.717) is 5.69 Å². The first-order chi connectivity index (χ1) is 9.79. The van der Waals surface area contributed by atoms with Crippen LogP contribution in [0.5, 0.6) is 0 Å². The number of fused-ring (bicyclic) bond motifs is 1. The van der Waals surface area contributed by atoms with Gasteiger partial charge in [0, 0.05) is 24.7 Å². The molecule has 4 heteroatoms. The van der Waals surface area contributed by atoms with Crippen LogP contribution in [0.1, 0.15) is 41.6 Å². The highest BCUT2D eigenvalue weighted by Gasteiger charge is 2.25. The highest BCUT2D eigenvalue weighted by atomic mass is 16.5. The summed E-state index contributed by atoms with van der Waals surface area (Å²) in [7, 11) is 0. The summed E-state index contributed by atoms with van der Waals surface area (Å²) in [6.07, 6.45) is 3.81. The Hall–Kier alpha value is -2.10. The molecule has 20 heavy (non-hydrogen) atoms. The van der Waals surface area contributed by atoms with Crippen molar-refractivity contribution in [1.82, 2.24) is 5.16 Å². The summed E-state index contributed by atoms with van der Waals surface area (Å²) >= 11 is 0. The molecule has 0 aliphatic carbocycles. The summed E-state index contributed by atoms with van der Waals surface area (Å²) in [5.74, 6) is 0.712. The van der Waals surface area contributed by atoms with Crippen LogP contribution in [0.25, 0.3) is 0 Å². The highest BCUT2D eigenvalue weighted by Crippen LogP contribution is 2.28. The number of hydrogen-bond acceptors (Lipinski definition) is 3. The maximum atomic E-state index is 12.6. The Labute approximate surface area is 118 Å². The number of rotatable bonds is 3. The Balaban J connectivity index is 1.87. The molecule has 104 valence electrons. The number of para-hydroxylation sites is 1. The van der Waals surface area contributed by atoms with Crippen molar-refractivity contribution in [3.63, 3.8) is 0 Å². The molecule has 1 amide bonds. The lowest BCUT2D eigenvalue weighted by Crippen LogP contribution is -2.35. The standard InChI is InChI=1S/C16H18N2O2/c1-2-6-13-11-14(17-20-13)16(19)18-10-5-8-12-7-3-4-9-15(12)18/h3-4,7,9,11H,2,5-6,8,10H2,1H3. The van der Waals surface area contributed by atoms with E-state index in [1.54, 1.807) is 6.07 Å². The molecule has 0 radical (unpaired) electrons. The van der Waals surface area contributed by atoms with E-state index in [-0.39, 0.29) is 5.91 Å². The van der Waals surface area contributed by atoms with Crippen LogP contribution in [-0.4, -0.2) is 17.6 Å². The molecule has 3 rings (SSSR count). The maximum Gasteiger partial charge on any atom is 0.280 e. The average molecular weight is 270 g/mol. The monoisotopic (exact) mass is 270 g/mol. The first-order valence-electron chi connectivity index (χ1n) is 7.15. The van der Waals surface area contributed by atoms with Crippen molar-refractivity contribution in [2.24, 2.45) is 0 Å². The van der Waals surface area contributed by atoms with E-state index in [1.807, 2.05) is 23.1 Å². The second kappa shape index (κ2) is 5.49. The van der Waals surface area contributed by atoms with E-state index in [9.17, 15) is 4.79 Å². The van der Waals surface area contributed by atoms with Crippen molar-refractivity contribution in [2.45, 2.75) is 32.6 Å². The zero-order valence-electron chi connectivity index (χ0n) is 11.6. The molecule has 1 aromatic heterocycles. The number of nitrogens with zero attached hydrogens (tertiary/aromatic N) is 2. The van der Waals surface area contributed by atoms with Gasteiger partial charge in [0.15, 0.2) is 5.69 Å². The fourth-order valence-electron chi connectivity index (χ4n) is 2.66. The molecule has 0 saturated carbocycles. The van der Waals surface area contributed by atoms with Crippen molar-refractivity contribution in [2.75, 3.05) is 11.4 Å². The van der Waals surface area contributed by atoms with Crippen molar-refractivity contribution >= 4 is 11.6 Å². The second-order valence-electron chi connectivity index (χ2n) is 5.12. The summed E-state index contributed by atoms with van der Waals surface area (Å²) in [6.45, 7) is 2.82. The predicted octanol–water partition coefficient (Wildman–Crippen LogP) is 3.22. The molecular weight excluding hydrogens is 252 g/mol. The molecule has 0 fully saturated rings. The van der Waals surface area contributed by atoms with Gasteiger partial charge in [0.1, 0.15) is 5.76 Å². The summed E-state index contributed by atoms with van der Waals surface area (Å²) in [4.78, 5) is 14.4. The molecule has 2 heterocycles. The van der Waals surface area contributed by atoms with Gasteiger partial charge in [-0.2, -0.15) is 0 Å². The van der Waals surface area contributed by atoms with Gasteiger partial charge in [0.25, 0.3) is 5.91 Å². The van der Waals surface area contributed by atoms with Crippen molar-refractivity contribution < 1.29 is 9.32 Å². The summed E-state index contributed by atoms with van der Waals surface area (Å²) in [6, 6.07) is 9.83. The lowest BCUT2D eigenvalue weighted by atomic mass is 10.0. The van der Waals surface area contributed by atoms with Crippen LogP contribution in [0.4, 0.5) is 5.69 Å². The minimum Gasteiger partial charge on any atom is -0.361 e. The zero-order valence-corrected chi connectivity index (χ0v) is 11.6. The van der Waals surface area contributed by atoms with Gasteiger partial charge in [0.2, 0.25) is 0 Å². The number of benzene rings is 1. The molecule has 1 aliphatic rings. The van der Waals surface area contributed by atoms with Gasteiger partial charge >= 0.3 is 0 Å². The number of carbonyl (C=O) groups is 1. The van der Waals surface area contributed by atoms with Gasteiger partial charge < -0.3 is 9.42 Å². The van der Waals surface area contributed by atoms with E-state index < -0.39 is 0 Å². The highest BCUT2D eigenvalue weighted by molar-refractivity contribution is 6.05. The maximum absolute atomic E-state index is 12.6. The first kappa shape index (κ1) is 12.9. The first-order valence-corrected chi connectivity index (χ1v) is 7.15. The molecule has 1 aromatic carbocycles. The van der Waals surface area contributed by atoms with Gasteiger partial charge in [-0.3, -0.25) is 4.79 Å². The predicted molar refractivity (Wildman–Crippen MR) is 76.9 cm³/mol. The Morgan fingerprint density at radius 1 is 1.40 bits per heavy atom. The van der Waals surface area contributed by atoms with E-state index in [4.69, 9.17) is 4.52 Å². The normalized spacial score (nSPS) is 14.2. The SMILES string of the molecule is CCCc1cc(C(=O)N2CCCc3ccccc32)no1. The number of aromatic nitrogens is 1. The molecule has 0 saturated heterocycles. The van der Waals surface area contributed by atoms with E-state index in [1.165, 1.54) is 5.56 Å². The minimum absolute atomic E-state index is 0.0664. The van der Waals surface area contributed by atoms with Crippen LogP contribution in [0.3, 0.4) is 0 Å². The molecule has 0 spiro atoms. The summed E-state index contributed by atoms with van der Waals surface area (Å²) in [5, 5.41) is 3.92. The number of hydrogen-bond donors (Lipinski definition) is 0. The van der Waals surface area contributed by atoms with Crippen LogP contribution < -0.4 is 4.90 Å². The molecule has 2 aromatic rings. The van der Waals surface area contributed by atoms with Crippen LogP contribution in [0, 0.1) is 0 Å². The van der Waals surface area contributed by atoms with Crippen LogP contribution in [-0.2, 0) is 12.8 Å². The Bertz CT molecular complexity index is 618. The number of carbonyl (C=O) groups excluding carboxylic acids is 1. The van der Waals surface area contributed by atoms with Crippen molar-refractivity contribution in [1.29, 1.82) is 0 Å². The summed E-state index contributed by atoms with van der Waals surface area (Å²) in [5.41, 5.74) is 2.64. The second-order valence-corrected chi connectivity index (χ2v) is 5.12. The molecule has 1 aliphatic heterocycles. The van der Waals surface area contributed by atoms with Crippen LogP contribution in [0.15, 0.2) is 34.9 Å². The molecular formula is C16H18N2O2. The van der Waals surface area contributed by atoms with E-state index in [0.717, 1.165) is 43.7 Å². The third-order valence-electron chi connectivity index (χ3n) is 3.63. The van der Waals surface area contributed by atoms with Crippen LogP contribution >= 0.6 is 0 Å². The van der Waals surface area contributed by atoms with Crippen LogP contribution in [0.2, 0.25) is 0 Å². The molecule has 0 bridgehead atoms. The number of anilines is 1. The lowest BCUT2D eigenvalue weighted by molar-refractivity contribution is 0.0976. The molecule has 0 atom stereocenters. The van der Waals surface area contributed by atoms with E-state index in [2.05, 4.69) is 18.1 Å². The largest absolute Gasteiger partial charge is 0.361 e. The smallest absolute Gasteiger partial charge is 0.280 e. The lowest BCUT2D eigenvalue weighted by Gasteiger charge is -2.28. The van der Waals surface area contributed by atoms with Gasteiger partial charge in [-0.1, -0.05) is 30.3 Å². The zero-order chi connectivity index (χ0) is 13.9. The Kier molecular flexibility index (Phi) is 3.54. The van der Waals surface area contributed by atoms with Gasteiger partial charge in [-0.05, 0) is 30.9 Å². The third kappa shape index (κ3) is 2.33. The fourth-order valence-corrected chi connectivity index (χ4v) is 2.66. The minimum atomic E-state index is -0.0664. The molecule has 4 nitrogen and oxygen atoms in total. The van der Waals surface area contributed by atoms with Crippen molar-refractivity contribution in [3.8, 4) is 0 Å². The Morgan fingerprint density at radius 2 is 2.25 bits per heavy atom. The summed E-state index contributed by atoms with van der Waals surface area (Å²) < 4.78 is 5.21. The van der Waals surface area contributed by atoms with Crippen molar-refractivity contribution in [3.05, 3.63) is 47.3 Å². The topological polar surface area (TPSA) is 46.3 Å². The van der Waals surface area contributed by atoms with Gasteiger partial charge in [-0.15, -0.1) is 0 Å². The fraction of sp³-hybridized carbons (Fsp3) is 0.375. The quantitative estimate of drug-likeness (QED) is 0.860.